The van der Waals surface area contributed by atoms with Crippen molar-refractivity contribution in [2.24, 2.45) is 5.92 Å². The SMILES string of the molecule is Cc1ccc(S(=O)(=O)OCC(CF)CF)cc1. The van der Waals surface area contributed by atoms with Gasteiger partial charge in [0.25, 0.3) is 10.1 Å². The van der Waals surface area contributed by atoms with Crippen molar-refractivity contribution in [1.82, 2.24) is 0 Å². The third kappa shape index (κ3) is 4.05. The molecule has 0 unspecified atom stereocenters. The number of benzene rings is 1. The second-order valence-electron chi connectivity index (χ2n) is 3.73. The van der Waals surface area contributed by atoms with Gasteiger partial charge in [-0.1, -0.05) is 17.7 Å². The van der Waals surface area contributed by atoms with Gasteiger partial charge in [-0.3, -0.25) is 13.0 Å². The lowest BCUT2D eigenvalue weighted by Gasteiger charge is -2.09. The Hall–Kier alpha value is -1.01. The lowest BCUT2D eigenvalue weighted by Crippen LogP contribution is -2.17. The third-order valence-corrected chi connectivity index (χ3v) is 3.50. The standard InChI is InChI=1S/C11H14F2O3S/c1-9-2-4-11(5-3-9)17(14,15)16-8-10(6-12)7-13/h2-5,10H,6-8H2,1H3. The van der Waals surface area contributed by atoms with E-state index in [4.69, 9.17) is 0 Å². The Bertz CT molecular complexity index is 438. The zero-order valence-electron chi connectivity index (χ0n) is 9.40. The maximum absolute atomic E-state index is 12.2. The summed E-state index contributed by atoms with van der Waals surface area (Å²) in [6.07, 6.45) is 0. The van der Waals surface area contributed by atoms with Gasteiger partial charge >= 0.3 is 0 Å². The zero-order valence-corrected chi connectivity index (χ0v) is 10.2. The van der Waals surface area contributed by atoms with Gasteiger partial charge in [-0.25, -0.2) is 0 Å². The molecule has 0 aliphatic heterocycles. The van der Waals surface area contributed by atoms with Crippen molar-refractivity contribution in [3.63, 3.8) is 0 Å². The van der Waals surface area contributed by atoms with Gasteiger partial charge in [0.15, 0.2) is 0 Å². The minimum Gasteiger partial charge on any atom is -0.266 e. The van der Waals surface area contributed by atoms with Crippen molar-refractivity contribution in [3.8, 4) is 0 Å². The quantitative estimate of drug-likeness (QED) is 0.740. The average molecular weight is 264 g/mol. The van der Waals surface area contributed by atoms with Crippen LogP contribution < -0.4 is 0 Å². The summed E-state index contributed by atoms with van der Waals surface area (Å²) in [7, 11) is -3.93. The van der Waals surface area contributed by atoms with E-state index >= 15 is 0 Å². The first-order valence-corrected chi connectivity index (χ1v) is 6.48. The van der Waals surface area contributed by atoms with Gasteiger partial charge in [0, 0.05) is 5.92 Å². The summed E-state index contributed by atoms with van der Waals surface area (Å²) in [4.78, 5) is -0.0143. The molecule has 0 amide bonds. The molecule has 0 spiro atoms. The van der Waals surface area contributed by atoms with Crippen LogP contribution in [0.2, 0.25) is 0 Å². The second kappa shape index (κ2) is 6.07. The first-order chi connectivity index (χ1) is 7.99. The number of rotatable bonds is 6. The second-order valence-corrected chi connectivity index (χ2v) is 5.34. The molecule has 1 aromatic carbocycles. The smallest absolute Gasteiger partial charge is 0.266 e. The molecule has 1 aromatic rings. The summed E-state index contributed by atoms with van der Waals surface area (Å²) in [5.41, 5.74) is 0.911. The van der Waals surface area contributed by atoms with Gasteiger partial charge < -0.3 is 0 Å². The fourth-order valence-electron chi connectivity index (χ4n) is 1.09. The molecule has 0 saturated carbocycles. The number of alkyl halides is 2. The van der Waals surface area contributed by atoms with Crippen molar-refractivity contribution in [2.75, 3.05) is 20.0 Å². The van der Waals surface area contributed by atoms with Crippen LogP contribution in [0.4, 0.5) is 8.78 Å². The highest BCUT2D eigenvalue weighted by atomic mass is 32.2. The Morgan fingerprint density at radius 3 is 2.18 bits per heavy atom. The Labute approximate surface area is 99.5 Å². The minimum absolute atomic E-state index is 0.0143. The average Bonchev–Trinajstić information content (AvgIpc) is 2.31. The molecule has 17 heavy (non-hydrogen) atoms. The van der Waals surface area contributed by atoms with E-state index in [2.05, 4.69) is 4.18 Å². The van der Waals surface area contributed by atoms with E-state index in [9.17, 15) is 17.2 Å². The fraction of sp³-hybridized carbons (Fsp3) is 0.455. The molecule has 0 aliphatic rings. The maximum atomic E-state index is 12.2. The molecule has 3 nitrogen and oxygen atoms in total. The Balaban J connectivity index is 2.72. The summed E-state index contributed by atoms with van der Waals surface area (Å²) in [6, 6.07) is 6.03. The van der Waals surface area contributed by atoms with Crippen molar-refractivity contribution in [2.45, 2.75) is 11.8 Å². The summed E-state index contributed by atoms with van der Waals surface area (Å²) in [5.74, 6) is -1.03. The normalized spacial score (nSPS) is 12.0. The molecule has 0 saturated heterocycles. The Morgan fingerprint density at radius 2 is 1.71 bits per heavy atom. The molecule has 6 heteroatoms. The van der Waals surface area contributed by atoms with Gasteiger partial charge in [-0.15, -0.1) is 0 Å². The van der Waals surface area contributed by atoms with E-state index in [1.807, 2.05) is 6.92 Å². The van der Waals surface area contributed by atoms with Gasteiger partial charge in [-0.2, -0.15) is 8.42 Å². The molecule has 0 aliphatic carbocycles. The third-order valence-electron chi connectivity index (χ3n) is 2.20. The van der Waals surface area contributed by atoms with Crippen molar-refractivity contribution >= 4 is 10.1 Å². The highest BCUT2D eigenvalue weighted by Crippen LogP contribution is 2.14. The predicted octanol–water partition coefficient (Wildman–Crippen LogP) is 2.26. The van der Waals surface area contributed by atoms with E-state index in [1.165, 1.54) is 12.1 Å². The molecule has 0 radical (unpaired) electrons. The topological polar surface area (TPSA) is 43.4 Å². The summed E-state index contributed by atoms with van der Waals surface area (Å²) >= 11 is 0. The largest absolute Gasteiger partial charge is 0.296 e. The lowest BCUT2D eigenvalue weighted by molar-refractivity contribution is 0.190. The van der Waals surface area contributed by atoms with E-state index in [1.54, 1.807) is 12.1 Å². The number of halogens is 2. The van der Waals surface area contributed by atoms with Crippen LogP contribution in [0.15, 0.2) is 29.2 Å². The van der Waals surface area contributed by atoms with Crippen LogP contribution in [0, 0.1) is 12.8 Å². The molecule has 0 heterocycles. The summed E-state index contributed by atoms with van der Waals surface area (Å²) < 4.78 is 52.2. The molecular formula is C11H14F2O3S. The first kappa shape index (κ1) is 14.1. The highest BCUT2D eigenvalue weighted by molar-refractivity contribution is 7.86. The van der Waals surface area contributed by atoms with Crippen LogP contribution in [0.25, 0.3) is 0 Å². The molecule has 0 bridgehead atoms. The van der Waals surface area contributed by atoms with Crippen molar-refractivity contribution < 1.29 is 21.4 Å². The summed E-state index contributed by atoms with van der Waals surface area (Å²) in [6.45, 7) is -0.553. The van der Waals surface area contributed by atoms with Crippen LogP contribution in [0.1, 0.15) is 5.56 Å². The van der Waals surface area contributed by atoms with Crippen molar-refractivity contribution in [3.05, 3.63) is 29.8 Å². The van der Waals surface area contributed by atoms with E-state index in [0.29, 0.717) is 0 Å². The van der Waals surface area contributed by atoms with Gasteiger partial charge in [-0.05, 0) is 19.1 Å². The molecule has 96 valence electrons. The first-order valence-electron chi connectivity index (χ1n) is 5.07. The van der Waals surface area contributed by atoms with E-state index in [-0.39, 0.29) is 4.90 Å². The predicted molar refractivity (Wildman–Crippen MR) is 59.8 cm³/mol. The Kier molecular flexibility index (Phi) is 5.02. The molecule has 0 atom stereocenters. The van der Waals surface area contributed by atoms with Crippen molar-refractivity contribution in [1.29, 1.82) is 0 Å². The fourth-order valence-corrected chi connectivity index (χ4v) is 2.07. The lowest BCUT2D eigenvalue weighted by atomic mass is 10.2. The van der Waals surface area contributed by atoms with E-state index in [0.717, 1.165) is 5.56 Å². The van der Waals surface area contributed by atoms with Crippen LogP contribution >= 0.6 is 0 Å². The number of hydrogen-bond donors (Lipinski definition) is 0. The summed E-state index contributed by atoms with van der Waals surface area (Å²) in [5, 5.41) is 0. The molecular weight excluding hydrogens is 250 g/mol. The number of aryl methyl sites for hydroxylation is 1. The zero-order chi connectivity index (χ0) is 12.9. The monoisotopic (exact) mass is 264 g/mol. The van der Waals surface area contributed by atoms with E-state index < -0.39 is 36.0 Å². The molecule has 0 N–H and O–H groups in total. The molecule has 0 aromatic heterocycles. The van der Waals surface area contributed by atoms with Crippen LogP contribution in [0.3, 0.4) is 0 Å². The van der Waals surface area contributed by atoms with Crippen LogP contribution in [-0.2, 0) is 14.3 Å². The maximum Gasteiger partial charge on any atom is 0.296 e. The number of hydrogen-bond acceptors (Lipinski definition) is 3. The Morgan fingerprint density at radius 1 is 1.18 bits per heavy atom. The highest BCUT2D eigenvalue weighted by Gasteiger charge is 2.18. The minimum atomic E-state index is -3.93. The van der Waals surface area contributed by atoms with Crippen LogP contribution in [0.5, 0.6) is 0 Å². The molecule has 0 fully saturated rings. The van der Waals surface area contributed by atoms with Gasteiger partial charge in [0.05, 0.1) is 24.9 Å². The van der Waals surface area contributed by atoms with Gasteiger partial charge in [0.2, 0.25) is 0 Å². The molecule has 1 rings (SSSR count). The van der Waals surface area contributed by atoms with Gasteiger partial charge in [0.1, 0.15) is 0 Å². The van der Waals surface area contributed by atoms with Crippen LogP contribution in [-0.4, -0.2) is 28.4 Å².